The molecule has 0 saturated carbocycles. The van der Waals surface area contributed by atoms with E-state index >= 15 is 0 Å². The van der Waals surface area contributed by atoms with Crippen LogP contribution in [0.2, 0.25) is 0 Å². The number of carbonyl (C=O) groups is 1. The van der Waals surface area contributed by atoms with Crippen molar-refractivity contribution in [1.29, 1.82) is 0 Å². The fourth-order valence-corrected chi connectivity index (χ4v) is 1.40. The molecule has 0 fully saturated rings. The Kier molecular flexibility index (Phi) is 6.28. The molecule has 0 spiro atoms. The molecule has 0 atom stereocenters. The molecule has 1 amide bonds. The Morgan fingerprint density at radius 2 is 1.78 bits per heavy atom. The molecule has 0 aromatic rings. The molecule has 106 valence electrons. The molecule has 0 unspecified atom stereocenters. The molecule has 0 saturated heterocycles. The van der Waals surface area contributed by atoms with Gasteiger partial charge in [-0.05, 0) is 11.8 Å². The Balaban J connectivity index is 4.53. The van der Waals surface area contributed by atoms with Gasteiger partial charge in [0, 0.05) is 13.0 Å². The minimum atomic E-state index is -4.43. The Morgan fingerprint density at radius 3 is 2.17 bits per heavy atom. The van der Waals surface area contributed by atoms with E-state index in [1.807, 2.05) is 0 Å². The summed E-state index contributed by atoms with van der Waals surface area (Å²) in [6.45, 7) is 3.88. The summed E-state index contributed by atoms with van der Waals surface area (Å²) in [5, 5.41) is 2.57. The minimum absolute atomic E-state index is 0.0393. The Morgan fingerprint density at radius 1 is 1.22 bits per heavy atom. The van der Waals surface area contributed by atoms with Crippen LogP contribution in [-0.4, -0.2) is 36.6 Å². The molecule has 0 radical (unpaired) electrons. The van der Waals surface area contributed by atoms with E-state index in [2.05, 4.69) is 5.18 Å². The molecule has 0 aromatic heterocycles. The second kappa shape index (κ2) is 6.70. The zero-order valence-electron chi connectivity index (χ0n) is 10.9. The summed E-state index contributed by atoms with van der Waals surface area (Å²) in [7, 11) is 0. The number of carbonyl (C=O) groups excluding carboxylic acids is 1. The Bertz CT molecular complexity index is 285. The first kappa shape index (κ1) is 16.9. The molecule has 0 aliphatic rings. The summed E-state index contributed by atoms with van der Waals surface area (Å²) in [6, 6.07) is 0. The first-order chi connectivity index (χ1) is 8.05. The van der Waals surface area contributed by atoms with E-state index in [1.165, 1.54) is 0 Å². The van der Waals surface area contributed by atoms with Crippen LogP contribution in [0, 0.1) is 10.3 Å². The van der Waals surface area contributed by atoms with Crippen molar-refractivity contribution < 1.29 is 18.0 Å². The van der Waals surface area contributed by atoms with Gasteiger partial charge in [-0.3, -0.25) is 4.79 Å². The van der Waals surface area contributed by atoms with Gasteiger partial charge in [0.2, 0.25) is 5.91 Å². The number of amides is 1. The molecule has 0 bridgehead atoms. The van der Waals surface area contributed by atoms with E-state index in [0.717, 1.165) is 4.90 Å². The summed E-state index contributed by atoms with van der Waals surface area (Å²) < 4.78 is 37.0. The molecule has 7 heteroatoms. The van der Waals surface area contributed by atoms with Gasteiger partial charge >= 0.3 is 6.18 Å². The molecule has 0 heterocycles. The summed E-state index contributed by atoms with van der Waals surface area (Å²) in [6.07, 6.45) is -4.24. The minimum Gasteiger partial charge on any atom is -0.334 e. The van der Waals surface area contributed by atoms with Crippen molar-refractivity contribution in [3.63, 3.8) is 0 Å². The molecule has 0 N–H and O–H groups in total. The molecule has 4 nitrogen and oxygen atoms in total. The van der Waals surface area contributed by atoms with Crippen LogP contribution in [-0.2, 0) is 4.79 Å². The smallest absolute Gasteiger partial charge is 0.334 e. The zero-order valence-corrected chi connectivity index (χ0v) is 10.9. The highest BCUT2D eigenvalue weighted by atomic mass is 19.4. The molecular weight excluding hydrogens is 249 g/mol. The van der Waals surface area contributed by atoms with Crippen LogP contribution < -0.4 is 0 Å². The highest BCUT2D eigenvalue weighted by Crippen LogP contribution is 2.22. The maximum absolute atomic E-state index is 12.3. The third-order valence-corrected chi connectivity index (χ3v) is 2.08. The van der Waals surface area contributed by atoms with Gasteiger partial charge in [0.25, 0.3) is 0 Å². The predicted molar refractivity (Wildman–Crippen MR) is 62.0 cm³/mol. The van der Waals surface area contributed by atoms with Gasteiger partial charge < -0.3 is 4.90 Å². The summed E-state index contributed by atoms with van der Waals surface area (Å²) in [4.78, 5) is 22.4. The molecule has 0 aromatic carbocycles. The van der Waals surface area contributed by atoms with Crippen molar-refractivity contribution in [3.8, 4) is 0 Å². The van der Waals surface area contributed by atoms with Gasteiger partial charge in [0.05, 0.1) is 6.54 Å². The summed E-state index contributed by atoms with van der Waals surface area (Å²) in [5.41, 5.74) is -0.371. The first-order valence-electron chi connectivity index (χ1n) is 5.69. The van der Waals surface area contributed by atoms with Gasteiger partial charge in [-0.25, -0.2) is 0 Å². The Labute approximate surface area is 105 Å². The van der Waals surface area contributed by atoms with Crippen LogP contribution in [0.4, 0.5) is 13.2 Å². The van der Waals surface area contributed by atoms with E-state index < -0.39 is 18.6 Å². The first-order valence-corrected chi connectivity index (χ1v) is 5.69. The van der Waals surface area contributed by atoms with Crippen molar-refractivity contribution in [2.45, 2.75) is 39.8 Å². The van der Waals surface area contributed by atoms with E-state index in [4.69, 9.17) is 0 Å². The van der Waals surface area contributed by atoms with Gasteiger partial charge in [-0.15, -0.1) is 0 Å². The lowest BCUT2D eigenvalue weighted by Crippen LogP contribution is -2.41. The molecule has 0 rings (SSSR count). The number of nitroso groups, excluding NO2 is 1. The number of halogens is 3. The van der Waals surface area contributed by atoms with E-state index in [1.54, 1.807) is 20.8 Å². The van der Waals surface area contributed by atoms with Crippen LogP contribution in [0.15, 0.2) is 5.18 Å². The third-order valence-electron chi connectivity index (χ3n) is 2.08. The largest absolute Gasteiger partial charge is 0.406 e. The average molecular weight is 268 g/mol. The number of alkyl halides is 3. The van der Waals surface area contributed by atoms with Crippen LogP contribution in [0.25, 0.3) is 0 Å². The van der Waals surface area contributed by atoms with Crippen molar-refractivity contribution >= 4 is 5.91 Å². The SMILES string of the molecule is CC(C)(C)CC(=O)N(CCCN=O)CC(F)(F)F. The quantitative estimate of drug-likeness (QED) is 0.549. The van der Waals surface area contributed by atoms with Crippen molar-refractivity contribution in [2.75, 3.05) is 19.6 Å². The number of rotatable bonds is 6. The average Bonchev–Trinajstić information content (AvgIpc) is 2.11. The van der Waals surface area contributed by atoms with Crippen LogP contribution in [0.3, 0.4) is 0 Å². The monoisotopic (exact) mass is 268 g/mol. The van der Waals surface area contributed by atoms with Crippen LogP contribution >= 0.6 is 0 Å². The maximum atomic E-state index is 12.3. The second-order valence-corrected chi connectivity index (χ2v) is 5.37. The molecule has 0 aliphatic heterocycles. The van der Waals surface area contributed by atoms with Gasteiger partial charge in [-0.2, -0.15) is 18.1 Å². The summed E-state index contributed by atoms with van der Waals surface area (Å²) >= 11 is 0. The van der Waals surface area contributed by atoms with Gasteiger partial charge in [0.15, 0.2) is 0 Å². The highest BCUT2D eigenvalue weighted by Gasteiger charge is 2.33. The Hall–Kier alpha value is -1.14. The fourth-order valence-electron chi connectivity index (χ4n) is 1.40. The van der Waals surface area contributed by atoms with Crippen molar-refractivity contribution in [3.05, 3.63) is 4.91 Å². The molecule has 0 aliphatic carbocycles. The fraction of sp³-hybridized carbons (Fsp3) is 0.909. The standard InChI is InChI=1S/C11H19F3N2O2/c1-10(2,3)7-9(17)16(6-4-5-15-18)8-11(12,13)14/h4-8H2,1-3H3. The number of hydrogen-bond donors (Lipinski definition) is 0. The zero-order chi connectivity index (χ0) is 14.4. The topological polar surface area (TPSA) is 49.7 Å². The lowest BCUT2D eigenvalue weighted by atomic mass is 9.91. The predicted octanol–water partition coefficient (Wildman–Crippen LogP) is 2.97. The van der Waals surface area contributed by atoms with Crippen LogP contribution in [0.1, 0.15) is 33.6 Å². The van der Waals surface area contributed by atoms with Crippen molar-refractivity contribution in [1.82, 2.24) is 4.90 Å². The van der Waals surface area contributed by atoms with E-state index in [0.29, 0.717) is 0 Å². The third kappa shape index (κ3) is 8.95. The summed E-state index contributed by atoms with van der Waals surface area (Å²) in [5.74, 6) is -0.550. The number of hydrogen-bond acceptors (Lipinski definition) is 3. The lowest BCUT2D eigenvalue weighted by molar-refractivity contribution is -0.162. The van der Waals surface area contributed by atoms with Gasteiger partial charge in [0.1, 0.15) is 6.54 Å². The second-order valence-electron chi connectivity index (χ2n) is 5.37. The van der Waals surface area contributed by atoms with Crippen LogP contribution in [0.5, 0.6) is 0 Å². The van der Waals surface area contributed by atoms with E-state index in [-0.39, 0.29) is 31.3 Å². The molecular formula is C11H19F3N2O2. The van der Waals surface area contributed by atoms with E-state index in [9.17, 15) is 22.9 Å². The molecule has 18 heavy (non-hydrogen) atoms. The lowest BCUT2D eigenvalue weighted by Gasteiger charge is -2.27. The van der Waals surface area contributed by atoms with Crippen molar-refractivity contribution in [2.24, 2.45) is 10.6 Å². The van der Waals surface area contributed by atoms with Gasteiger partial charge in [-0.1, -0.05) is 25.9 Å². The normalized spacial score (nSPS) is 12.3. The number of nitrogens with zero attached hydrogens (tertiary/aromatic N) is 2. The maximum Gasteiger partial charge on any atom is 0.406 e. The highest BCUT2D eigenvalue weighted by molar-refractivity contribution is 5.76.